The van der Waals surface area contributed by atoms with Crippen LogP contribution in [0.25, 0.3) is 0 Å². The van der Waals surface area contributed by atoms with E-state index in [1.807, 2.05) is 29.2 Å². The van der Waals surface area contributed by atoms with E-state index in [0.717, 1.165) is 56.9 Å². The number of likely N-dealkylation sites (tertiary alicyclic amines) is 1. The van der Waals surface area contributed by atoms with Crippen molar-refractivity contribution in [3.63, 3.8) is 0 Å². The van der Waals surface area contributed by atoms with Crippen LogP contribution in [0.3, 0.4) is 0 Å². The molecule has 2 aromatic carbocycles. The van der Waals surface area contributed by atoms with Crippen molar-refractivity contribution >= 4 is 23.2 Å². The first-order valence-corrected chi connectivity index (χ1v) is 12.9. The lowest BCUT2D eigenvalue weighted by atomic mass is 9.91. The highest BCUT2D eigenvalue weighted by molar-refractivity contribution is 6.42. The van der Waals surface area contributed by atoms with Crippen LogP contribution in [0.5, 0.6) is 17.2 Å². The van der Waals surface area contributed by atoms with Gasteiger partial charge in [0.15, 0.2) is 11.5 Å². The molecular weight excluding hydrogens is 501 g/mol. The Morgan fingerprint density at radius 1 is 0.972 bits per heavy atom. The van der Waals surface area contributed by atoms with Gasteiger partial charge in [-0.1, -0.05) is 29.3 Å². The molecule has 194 valence electrons. The number of methoxy groups -OCH3 is 2. The maximum absolute atomic E-state index is 6.11. The number of nitrogens with zero attached hydrogens (tertiary/aromatic N) is 3. The van der Waals surface area contributed by atoms with E-state index in [1.165, 1.54) is 5.56 Å². The number of benzene rings is 2. The van der Waals surface area contributed by atoms with Gasteiger partial charge in [0.2, 0.25) is 0 Å². The Balaban J connectivity index is 1.26. The van der Waals surface area contributed by atoms with Crippen LogP contribution in [0, 0.1) is 0 Å². The molecule has 0 saturated carbocycles. The van der Waals surface area contributed by atoms with E-state index in [1.54, 1.807) is 32.5 Å². The van der Waals surface area contributed by atoms with Gasteiger partial charge in [-0.05, 0) is 49.1 Å². The first-order valence-electron chi connectivity index (χ1n) is 12.1. The number of piperidine rings is 1. The fourth-order valence-electron chi connectivity index (χ4n) is 4.34. The lowest BCUT2D eigenvalue weighted by Crippen LogP contribution is -2.48. The molecule has 0 N–H and O–H groups in total. The monoisotopic (exact) mass is 533 g/mol. The van der Waals surface area contributed by atoms with Gasteiger partial charge >= 0.3 is 0 Å². The summed E-state index contributed by atoms with van der Waals surface area (Å²) in [6.45, 7) is 4.61. The average molecular weight is 534 g/mol. The van der Waals surface area contributed by atoms with Crippen LogP contribution >= 0.6 is 23.2 Å². The molecule has 9 heteroatoms. The van der Waals surface area contributed by atoms with Crippen molar-refractivity contribution < 1.29 is 18.9 Å². The Kier molecular flexibility index (Phi) is 9.37. The van der Waals surface area contributed by atoms with E-state index in [9.17, 15) is 0 Å². The van der Waals surface area contributed by atoms with Gasteiger partial charge in [0.05, 0.1) is 30.1 Å². The number of rotatable bonds is 12. The number of halogens is 2. The minimum absolute atomic E-state index is 0.325. The molecule has 4 rings (SSSR count). The highest BCUT2D eigenvalue weighted by atomic mass is 35.5. The second-order valence-corrected chi connectivity index (χ2v) is 9.83. The Labute approximate surface area is 222 Å². The molecule has 0 aliphatic carbocycles. The van der Waals surface area contributed by atoms with Gasteiger partial charge in [-0.25, -0.2) is 4.98 Å². The van der Waals surface area contributed by atoms with Crippen LogP contribution in [0.2, 0.25) is 10.0 Å². The fraction of sp³-hybridized carbons (Fsp3) is 0.444. The second kappa shape index (κ2) is 12.7. The van der Waals surface area contributed by atoms with Gasteiger partial charge in [0, 0.05) is 51.7 Å². The van der Waals surface area contributed by atoms with Crippen molar-refractivity contribution in [2.75, 3.05) is 40.5 Å². The predicted molar refractivity (Wildman–Crippen MR) is 142 cm³/mol. The summed E-state index contributed by atoms with van der Waals surface area (Å²) in [7, 11) is 3.44. The molecule has 0 atom stereocenters. The van der Waals surface area contributed by atoms with Gasteiger partial charge < -0.3 is 23.5 Å². The fourth-order valence-corrected chi connectivity index (χ4v) is 4.63. The molecule has 3 aromatic rings. The van der Waals surface area contributed by atoms with Crippen LogP contribution in [-0.4, -0.2) is 60.6 Å². The highest BCUT2D eigenvalue weighted by Crippen LogP contribution is 2.32. The van der Waals surface area contributed by atoms with Crippen LogP contribution in [0.15, 0.2) is 55.1 Å². The van der Waals surface area contributed by atoms with Crippen molar-refractivity contribution in [2.24, 2.45) is 0 Å². The molecule has 1 aliphatic rings. The third-order valence-electron chi connectivity index (χ3n) is 6.60. The van der Waals surface area contributed by atoms with E-state index < -0.39 is 0 Å². The molecular formula is C27H33Cl2N3O4. The maximum atomic E-state index is 6.11. The summed E-state index contributed by atoms with van der Waals surface area (Å²) in [6, 6.07) is 11.5. The first-order chi connectivity index (χ1) is 17.5. The van der Waals surface area contributed by atoms with Crippen LogP contribution in [0.1, 0.15) is 24.8 Å². The Morgan fingerprint density at radius 3 is 2.50 bits per heavy atom. The second-order valence-electron chi connectivity index (χ2n) is 9.02. The molecule has 7 nitrogen and oxygen atoms in total. The molecule has 1 aliphatic heterocycles. The summed E-state index contributed by atoms with van der Waals surface area (Å²) < 4.78 is 25.6. The Morgan fingerprint density at radius 2 is 1.81 bits per heavy atom. The SMILES string of the molecule is COc1cc(CN2CCC(COc3ccc(Cl)c(Cl)c3)(OC)CC2)ccc1OCCCn1ccnc1. The van der Waals surface area contributed by atoms with Crippen molar-refractivity contribution in [1.29, 1.82) is 0 Å². The molecule has 0 amide bonds. The molecule has 36 heavy (non-hydrogen) atoms. The summed E-state index contributed by atoms with van der Waals surface area (Å²) in [5.74, 6) is 2.22. The molecule has 0 bridgehead atoms. The molecule has 1 saturated heterocycles. The lowest BCUT2D eigenvalue weighted by molar-refractivity contribution is -0.0839. The number of hydrogen-bond acceptors (Lipinski definition) is 6. The minimum atomic E-state index is -0.325. The number of ether oxygens (including phenoxy) is 4. The number of imidazole rings is 1. The van der Waals surface area contributed by atoms with Crippen LogP contribution in [0.4, 0.5) is 0 Å². The first kappa shape index (κ1) is 26.6. The number of aryl methyl sites for hydroxylation is 1. The van der Waals surface area contributed by atoms with Gasteiger partial charge in [0.1, 0.15) is 18.0 Å². The van der Waals surface area contributed by atoms with E-state index in [2.05, 4.69) is 22.0 Å². The van der Waals surface area contributed by atoms with Gasteiger partial charge in [0.25, 0.3) is 0 Å². The standard InChI is InChI=1S/C27H33Cl2N3O4/c1-33-26-16-21(4-7-25(26)35-15-3-11-32-14-10-30-20-32)18-31-12-8-27(34-2,9-13-31)19-36-22-5-6-23(28)24(29)17-22/h4-7,10,14,16-17,20H,3,8-9,11-13,15,18-19H2,1-2H3. The normalized spacial score (nSPS) is 15.6. The summed E-state index contributed by atoms with van der Waals surface area (Å²) in [4.78, 5) is 6.49. The topological polar surface area (TPSA) is 58.0 Å². The van der Waals surface area contributed by atoms with E-state index in [4.69, 9.17) is 42.1 Å². The molecule has 0 spiro atoms. The third kappa shape index (κ3) is 7.07. The van der Waals surface area contributed by atoms with Crippen molar-refractivity contribution in [3.8, 4) is 17.2 Å². The Hall–Kier alpha value is -2.45. The predicted octanol–water partition coefficient (Wildman–Crippen LogP) is 5.73. The Bertz CT molecular complexity index is 1100. The molecule has 0 radical (unpaired) electrons. The largest absolute Gasteiger partial charge is 0.493 e. The molecule has 1 fully saturated rings. The smallest absolute Gasteiger partial charge is 0.161 e. The third-order valence-corrected chi connectivity index (χ3v) is 7.34. The van der Waals surface area contributed by atoms with Crippen LogP contribution < -0.4 is 14.2 Å². The van der Waals surface area contributed by atoms with E-state index in [-0.39, 0.29) is 5.60 Å². The zero-order chi connectivity index (χ0) is 25.4. The van der Waals surface area contributed by atoms with Gasteiger partial charge in [-0.3, -0.25) is 4.90 Å². The molecule has 0 unspecified atom stereocenters. The zero-order valence-electron chi connectivity index (χ0n) is 20.8. The minimum Gasteiger partial charge on any atom is -0.493 e. The summed E-state index contributed by atoms with van der Waals surface area (Å²) in [5.41, 5.74) is 0.865. The number of hydrogen-bond donors (Lipinski definition) is 0. The maximum Gasteiger partial charge on any atom is 0.161 e. The summed E-state index contributed by atoms with van der Waals surface area (Å²) in [5, 5.41) is 0.998. The molecule has 2 heterocycles. The quantitative estimate of drug-likeness (QED) is 0.277. The summed E-state index contributed by atoms with van der Waals surface area (Å²) in [6.07, 6.45) is 8.20. The van der Waals surface area contributed by atoms with E-state index in [0.29, 0.717) is 29.0 Å². The lowest BCUT2D eigenvalue weighted by Gasteiger charge is -2.40. The van der Waals surface area contributed by atoms with Crippen molar-refractivity contribution in [3.05, 3.63) is 70.7 Å². The highest BCUT2D eigenvalue weighted by Gasteiger charge is 2.35. The average Bonchev–Trinajstić information content (AvgIpc) is 3.42. The van der Waals surface area contributed by atoms with Gasteiger partial charge in [-0.2, -0.15) is 0 Å². The summed E-state index contributed by atoms with van der Waals surface area (Å²) >= 11 is 12.1. The van der Waals surface area contributed by atoms with E-state index >= 15 is 0 Å². The van der Waals surface area contributed by atoms with Crippen molar-refractivity contribution in [1.82, 2.24) is 14.5 Å². The van der Waals surface area contributed by atoms with Gasteiger partial charge in [-0.15, -0.1) is 0 Å². The zero-order valence-corrected chi connectivity index (χ0v) is 22.3. The molecule has 1 aromatic heterocycles. The van der Waals surface area contributed by atoms with Crippen molar-refractivity contribution in [2.45, 2.75) is 38.0 Å². The number of aromatic nitrogens is 2. The van der Waals surface area contributed by atoms with Crippen LogP contribution in [-0.2, 0) is 17.8 Å².